The quantitative estimate of drug-likeness (QED) is 0.355. The summed E-state index contributed by atoms with van der Waals surface area (Å²) in [6.07, 6.45) is -15.7. The summed E-state index contributed by atoms with van der Waals surface area (Å²) in [6, 6.07) is 3.31. The second kappa shape index (κ2) is 10.3. The number of alkyl halides is 8. The summed E-state index contributed by atoms with van der Waals surface area (Å²) in [5.74, 6) is -4.36. The first-order valence-corrected chi connectivity index (χ1v) is 14.6. The van der Waals surface area contributed by atoms with Crippen LogP contribution >= 0.6 is 0 Å². The molecule has 5 rings (SSSR count). The van der Waals surface area contributed by atoms with E-state index in [-0.39, 0.29) is 30.8 Å². The number of nitrogens with zero attached hydrogens (tertiary/aromatic N) is 2. The van der Waals surface area contributed by atoms with Crippen molar-refractivity contribution in [3.05, 3.63) is 59.4 Å². The number of piperidine rings is 1. The van der Waals surface area contributed by atoms with Gasteiger partial charge in [0.15, 0.2) is 16.0 Å². The minimum Gasteiger partial charge on any atom is -0.493 e. The number of likely N-dealkylation sites (N-methyl/N-ethyl adjacent to an activating group) is 1. The number of rotatable bonds is 4. The van der Waals surface area contributed by atoms with Crippen LogP contribution in [0.3, 0.4) is 0 Å². The van der Waals surface area contributed by atoms with Crippen molar-refractivity contribution >= 4 is 21.7 Å². The Morgan fingerprint density at radius 2 is 1.61 bits per heavy atom. The Balaban J connectivity index is 1.62. The van der Waals surface area contributed by atoms with Crippen molar-refractivity contribution in [1.82, 2.24) is 9.80 Å². The Labute approximate surface area is 244 Å². The third-order valence-corrected chi connectivity index (χ3v) is 11.2. The zero-order chi connectivity index (χ0) is 32.6. The molecule has 2 unspecified atom stereocenters. The van der Waals surface area contributed by atoms with Crippen molar-refractivity contribution in [3.8, 4) is 5.75 Å². The fraction of sp³-hybridized carbons (Fsp3) is 0.481. The zero-order valence-electron chi connectivity index (χ0n) is 22.6. The third-order valence-electron chi connectivity index (χ3n) is 8.62. The lowest BCUT2D eigenvalue weighted by atomic mass is 9.76. The average Bonchev–Trinajstić information content (AvgIpc) is 3.21. The number of benzene rings is 2. The zero-order valence-corrected chi connectivity index (χ0v) is 23.4. The molecule has 2 fully saturated rings. The Bertz CT molecular complexity index is 1580. The van der Waals surface area contributed by atoms with Crippen molar-refractivity contribution in [2.45, 2.75) is 52.7 Å². The van der Waals surface area contributed by atoms with E-state index < -0.39 is 104 Å². The minimum atomic E-state index is -6.44. The first-order valence-electron chi connectivity index (χ1n) is 13.1. The van der Waals surface area contributed by atoms with E-state index in [0.29, 0.717) is 6.07 Å². The summed E-state index contributed by atoms with van der Waals surface area (Å²) in [5.41, 5.74) is -8.07. The van der Waals surface area contributed by atoms with Gasteiger partial charge in [0.2, 0.25) is 5.91 Å². The Morgan fingerprint density at radius 3 is 2.16 bits per heavy atom. The van der Waals surface area contributed by atoms with Crippen molar-refractivity contribution < 1.29 is 62.3 Å². The molecule has 240 valence electrons. The van der Waals surface area contributed by atoms with Crippen LogP contribution in [0.15, 0.2) is 47.4 Å². The SMILES string of the molecule is CN1C(=O)[C@@H](F)C[C@H]1C(=O)N1CCC2(S(=O)(=O)c3ccc(F)cc3)c3ccc(C(F)(C(F)(F)F)C(F)(F)F)cc3OCC2C1. The molecule has 2 amide bonds. The number of carbonyl (C=O) groups is 2. The predicted molar refractivity (Wildman–Crippen MR) is 133 cm³/mol. The molecule has 3 aliphatic rings. The van der Waals surface area contributed by atoms with E-state index in [1.165, 1.54) is 11.9 Å². The van der Waals surface area contributed by atoms with Gasteiger partial charge < -0.3 is 14.5 Å². The molecule has 0 spiro atoms. The highest BCUT2D eigenvalue weighted by molar-refractivity contribution is 7.92. The molecule has 2 aromatic rings. The molecule has 2 saturated heterocycles. The molecule has 3 heterocycles. The summed E-state index contributed by atoms with van der Waals surface area (Å²) in [6.45, 7) is -1.37. The van der Waals surface area contributed by atoms with E-state index in [9.17, 15) is 57.5 Å². The Kier molecular flexibility index (Phi) is 7.45. The third kappa shape index (κ3) is 4.52. The summed E-state index contributed by atoms with van der Waals surface area (Å²) in [4.78, 5) is 26.9. The van der Waals surface area contributed by atoms with Crippen molar-refractivity contribution in [1.29, 1.82) is 0 Å². The monoisotopic (exact) mass is 658 g/mol. The van der Waals surface area contributed by atoms with E-state index >= 15 is 0 Å². The van der Waals surface area contributed by atoms with Gasteiger partial charge >= 0.3 is 18.0 Å². The van der Waals surface area contributed by atoms with Gasteiger partial charge in [-0.2, -0.15) is 26.3 Å². The second-order valence-electron chi connectivity index (χ2n) is 10.9. The van der Waals surface area contributed by atoms with Gasteiger partial charge in [0, 0.05) is 43.6 Å². The van der Waals surface area contributed by atoms with Gasteiger partial charge in [0.1, 0.15) is 22.4 Å². The smallest absolute Gasteiger partial charge is 0.435 e. The van der Waals surface area contributed by atoms with Crippen molar-refractivity contribution in [2.24, 2.45) is 5.92 Å². The number of likely N-dealkylation sites (tertiary alicyclic amines) is 2. The van der Waals surface area contributed by atoms with Gasteiger partial charge in [-0.25, -0.2) is 21.6 Å². The van der Waals surface area contributed by atoms with Gasteiger partial charge in [-0.1, -0.05) is 12.1 Å². The topological polar surface area (TPSA) is 84.0 Å². The highest BCUT2D eigenvalue weighted by atomic mass is 32.2. The molecule has 4 atom stereocenters. The van der Waals surface area contributed by atoms with E-state index in [4.69, 9.17) is 4.74 Å². The molecule has 0 saturated carbocycles. The van der Waals surface area contributed by atoms with Crippen LogP contribution < -0.4 is 4.74 Å². The molecule has 3 aliphatic heterocycles. The van der Waals surface area contributed by atoms with Crippen LogP contribution in [0.2, 0.25) is 0 Å². The molecule has 17 heteroatoms. The van der Waals surface area contributed by atoms with Crippen LogP contribution in [0.5, 0.6) is 5.75 Å². The van der Waals surface area contributed by atoms with Crippen molar-refractivity contribution in [2.75, 3.05) is 26.7 Å². The Hall–Kier alpha value is -3.50. The number of hydrogen-bond acceptors (Lipinski definition) is 5. The number of halogens is 9. The number of fused-ring (bicyclic) bond motifs is 3. The molecule has 2 aromatic carbocycles. The number of ether oxygens (including phenoxy) is 1. The molecule has 0 radical (unpaired) electrons. The minimum absolute atomic E-state index is 0.159. The van der Waals surface area contributed by atoms with Crippen LogP contribution in [0.4, 0.5) is 39.5 Å². The molecular formula is C27H23F9N2O5S. The van der Waals surface area contributed by atoms with Crippen molar-refractivity contribution in [3.63, 3.8) is 0 Å². The lowest BCUT2D eigenvalue weighted by Crippen LogP contribution is -2.60. The molecule has 7 nitrogen and oxygen atoms in total. The van der Waals surface area contributed by atoms with E-state index in [1.807, 2.05) is 0 Å². The molecule has 0 N–H and O–H groups in total. The number of hydrogen-bond donors (Lipinski definition) is 0. The van der Waals surface area contributed by atoms with Gasteiger partial charge in [-0.15, -0.1) is 0 Å². The predicted octanol–water partition coefficient (Wildman–Crippen LogP) is 4.59. The maximum atomic E-state index is 14.9. The lowest BCUT2D eigenvalue weighted by Gasteiger charge is -2.50. The summed E-state index contributed by atoms with van der Waals surface area (Å²) >= 11 is 0. The summed E-state index contributed by atoms with van der Waals surface area (Å²) in [5, 5.41) is 0. The van der Waals surface area contributed by atoms with E-state index in [1.54, 1.807) is 0 Å². The Morgan fingerprint density at radius 1 is 1.00 bits per heavy atom. The van der Waals surface area contributed by atoms with Crippen LogP contribution in [0.25, 0.3) is 0 Å². The van der Waals surface area contributed by atoms with Gasteiger partial charge in [-0.3, -0.25) is 9.59 Å². The van der Waals surface area contributed by atoms with Crippen LogP contribution in [0.1, 0.15) is 24.0 Å². The largest absolute Gasteiger partial charge is 0.493 e. The first kappa shape index (κ1) is 31.9. The van der Waals surface area contributed by atoms with Gasteiger partial charge in [0.05, 0.1) is 11.5 Å². The molecule has 0 aromatic heterocycles. The highest BCUT2D eigenvalue weighted by Crippen LogP contribution is 2.57. The van der Waals surface area contributed by atoms with E-state index in [0.717, 1.165) is 29.2 Å². The number of amides is 2. The summed E-state index contributed by atoms with van der Waals surface area (Å²) < 4.78 is 155. The summed E-state index contributed by atoms with van der Waals surface area (Å²) in [7, 11) is -3.44. The maximum Gasteiger partial charge on any atom is 0.435 e. The fourth-order valence-electron chi connectivity index (χ4n) is 6.27. The fourth-order valence-corrected chi connectivity index (χ4v) is 8.58. The van der Waals surface area contributed by atoms with Crippen LogP contribution in [0, 0.1) is 11.7 Å². The standard InChI is InChI=1S/C27H23F9N2O5S/c1-37-20(11-19(29)22(37)39)23(40)38-9-8-24(44(41,42)17-5-3-16(28)4-6-17)15(12-38)13-43-21-10-14(2-7-18(21)24)25(30,26(31,32)33)27(34,35)36/h2-7,10,15,19-20H,8-9,11-13H2,1H3/t15?,19-,20-,24?/m0/s1. The second-order valence-corrected chi connectivity index (χ2v) is 13.1. The molecule has 44 heavy (non-hydrogen) atoms. The number of sulfone groups is 1. The van der Waals surface area contributed by atoms with Gasteiger partial charge in [0.25, 0.3) is 5.91 Å². The van der Waals surface area contributed by atoms with E-state index in [2.05, 4.69) is 0 Å². The normalized spacial score (nSPS) is 26.2. The first-order chi connectivity index (χ1) is 20.3. The molecule has 0 aliphatic carbocycles. The van der Waals surface area contributed by atoms with Gasteiger partial charge in [-0.05, 0) is 36.8 Å². The maximum absolute atomic E-state index is 14.9. The lowest BCUT2D eigenvalue weighted by molar-refractivity contribution is -0.348. The molecule has 0 bridgehead atoms. The highest BCUT2D eigenvalue weighted by Gasteiger charge is 2.74. The number of carbonyl (C=O) groups excluding carboxylic acids is 2. The van der Waals surface area contributed by atoms with Crippen LogP contribution in [-0.2, 0) is 29.8 Å². The van der Waals surface area contributed by atoms with Crippen LogP contribution in [-0.4, -0.2) is 81.3 Å². The molecular weight excluding hydrogens is 635 g/mol. The average molecular weight is 659 g/mol.